The van der Waals surface area contributed by atoms with E-state index < -0.39 is 0 Å². The standard InChI is InChI=1S/C20H23N3O2/c1-13-8-9-14(2)16(11-13)23-17(19(24)21-20(3,4)5)12-15(22-23)18-7-6-10-25-18/h6-12H,1-5H3,(H,21,24). The number of carbonyl (C=O) groups excluding carboxylic acids is 1. The fraction of sp³-hybridized carbons (Fsp3) is 0.300. The first-order chi connectivity index (χ1) is 11.7. The number of amides is 1. The van der Waals surface area contributed by atoms with E-state index in [1.807, 2.05) is 58.9 Å². The van der Waals surface area contributed by atoms with Gasteiger partial charge in [0.15, 0.2) is 5.76 Å². The van der Waals surface area contributed by atoms with E-state index in [4.69, 9.17) is 4.42 Å². The maximum absolute atomic E-state index is 12.8. The van der Waals surface area contributed by atoms with Crippen LogP contribution in [-0.4, -0.2) is 21.2 Å². The summed E-state index contributed by atoms with van der Waals surface area (Å²) in [5.74, 6) is 0.465. The van der Waals surface area contributed by atoms with E-state index in [0.29, 0.717) is 17.1 Å². The summed E-state index contributed by atoms with van der Waals surface area (Å²) in [6.45, 7) is 9.90. The first-order valence-electron chi connectivity index (χ1n) is 8.29. The molecule has 3 aromatic rings. The van der Waals surface area contributed by atoms with Gasteiger partial charge < -0.3 is 9.73 Å². The molecule has 2 aromatic heterocycles. The number of hydrogen-bond acceptors (Lipinski definition) is 3. The molecule has 0 aliphatic rings. The number of aromatic nitrogens is 2. The Balaban J connectivity index is 2.15. The van der Waals surface area contributed by atoms with Gasteiger partial charge in [0.25, 0.3) is 5.91 Å². The van der Waals surface area contributed by atoms with Crippen molar-refractivity contribution in [2.45, 2.75) is 40.2 Å². The van der Waals surface area contributed by atoms with Gasteiger partial charge in [0.05, 0.1) is 12.0 Å². The average Bonchev–Trinajstić information content (AvgIpc) is 3.16. The molecule has 3 rings (SSSR count). The predicted molar refractivity (Wildman–Crippen MR) is 98.0 cm³/mol. The number of nitrogens with one attached hydrogen (secondary N) is 1. The second kappa shape index (κ2) is 6.24. The summed E-state index contributed by atoms with van der Waals surface area (Å²) in [5.41, 5.74) is 3.82. The summed E-state index contributed by atoms with van der Waals surface area (Å²) in [6, 6.07) is 11.5. The minimum atomic E-state index is -0.335. The normalized spacial score (nSPS) is 11.6. The topological polar surface area (TPSA) is 60.1 Å². The van der Waals surface area contributed by atoms with Crippen molar-refractivity contribution in [2.75, 3.05) is 0 Å². The van der Waals surface area contributed by atoms with Crippen molar-refractivity contribution >= 4 is 5.91 Å². The number of rotatable bonds is 3. The maximum atomic E-state index is 12.8. The predicted octanol–water partition coefficient (Wildman–Crippen LogP) is 4.28. The molecular formula is C20H23N3O2. The zero-order valence-corrected chi connectivity index (χ0v) is 15.3. The van der Waals surface area contributed by atoms with Crippen molar-refractivity contribution in [2.24, 2.45) is 0 Å². The molecule has 0 bridgehead atoms. The van der Waals surface area contributed by atoms with Gasteiger partial charge >= 0.3 is 0 Å². The van der Waals surface area contributed by atoms with Crippen LogP contribution in [0.3, 0.4) is 0 Å². The smallest absolute Gasteiger partial charge is 0.270 e. The highest BCUT2D eigenvalue weighted by molar-refractivity contribution is 5.94. The lowest BCUT2D eigenvalue weighted by molar-refractivity contribution is 0.0911. The molecule has 0 unspecified atom stereocenters. The third-order valence-electron chi connectivity index (χ3n) is 3.80. The van der Waals surface area contributed by atoms with Gasteiger partial charge in [-0.1, -0.05) is 12.1 Å². The van der Waals surface area contributed by atoms with E-state index >= 15 is 0 Å². The third-order valence-corrected chi connectivity index (χ3v) is 3.80. The molecule has 0 saturated heterocycles. The first kappa shape index (κ1) is 17.0. The molecule has 5 nitrogen and oxygen atoms in total. The molecule has 0 spiro atoms. The van der Waals surface area contributed by atoms with Gasteiger partial charge in [-0.05, 0) is 63.9 Å². The fourth-order valence-corrected chi connectivity index (χ4v) is 2.62. The van der Waals surface area contributed by atoms with Crippen LogP contribution in [0.1, 0.15) is 42.4 Å². The molecule has 2 heterocycles. The molecule has 1 aromatic carbocycles. The average molecular weight is 337 g/mol. The highest BCUT2D eigenvalue weighted by Gasteiger charge is 2.23. The number of hydrogen-bond donors (Lipinski definition) is 1. The van der Waals surface area contributed by atoms with Crippen LogP contribution in [0.15, 0.2) is 47.1 Å². The molecule has 130 valence electrons. The second-order valence-electron chi connectivity index (χ2n) is 7.30. The Morgan fingerprint density at radius 1 is 1.16 bits per heavy atom. The Morgan fingerprint density at radius 2 is 1.92 bits per heavy atom. The lowest BCUT2D eigenvalue weighted by Crippen LogP contribution is -2.41. The van der Waals surface area contributed by atoms with Crippen LogP contribution in [0.2, 0.25) is 0 Å². The molecular weight excluding hydrogens is 314 g/mol. The van der Waals surface area contributed by atoms with E-state index in [0.717, 1.165) is 16.8 Å². The van der Waals surface area contributed by atoms with Crippen LogP contribution < -0.4 is 5.32 Å². The lowest BCUT2D eigenvalue weighted by atomic mass is 10.1. The Labute approximate surface area is 147 Å². The molecule has 5 heteroatoms. The van der Waals surface area contributed by atoms with Gasteiger partial charge in [-0.25, -0.2) is 4.68 Å². The summed E-state index contributed by atoms with van der Waals surface area (Å²) in [6.07, 6.45) is 1.60. The van der Waals surface area contributed by atoms with Crippen molar-refractivity contribution in [3.63, 3.8) is 0 Å². The molecule has 0 atom stereocenters. The monoisotopic (exact) mass is 337 g/mol. The summed E-state index contributed by atoms with van der Waals surface area (Å²) >= 11 is 0. The highest BCUT2D eigenvalue weighted by atomic mass is 16.3. The van der Waals surface area contributed by atoms with Gasteiger partial charge in [0, 0.05) is 11.6 Å². The molecule has 25 heavy (non-hydrogen) atoms. The van der Waals surface area contributed by atoms with Crippen molar-refractivity contribution in [1.29, 1.82) is 0 Å². The van der Waals surface area contributed by atoms with Gasteiger partial charge in [-0.3, -0.25) is 4.79 Å². The number of furan rings is 1. The Bertz CT molecular complexity index is 900. The zero-order chi connectivity index (χ0) is 18.2. The molecule has 0 saturated carbocycles. The van der Waals surface area contributed by atoms with Crippen LogP contribution in [0, 0.1) is 13.8 Å². The van der Waals surface area contributed by atoms with E-state index in [1.54, 1.807) is 23.1 Å². The molecule has 0 aliphatic carbocycles. The number of benzene rings is 1. The quantitative estimate of drug-likeness (QED) is 0.776. The van der Waals surface area contributed by atoms with Crippen molar-refractivity contribution in [3.05, 3.63) is 59.5 Å². The van der Waals surface area contributed by atoms with Crippen LogP contribution >= 0.6 is 0 Å². The fourth-order valence-electron chi connectivity index (χ4n) is 2.62. The number of nitrogens with zero attached hydrogens (tertiary/aromatic N) is 2. The Morgan fingerprint density at radius 3 is 2.56 bits per heavy atom. The summed E-state index contributed by atoms with van der Waals surface area (Å²) < 4.78 is 7.15. The van der Waals surface area contributed by atoms with Gasteiger partial charge in [0.2, 0.25) is 0 Å². The largest absolute Gasteiger partial charge is 0.463 e. The molecule has 1 N–H and O–H groups in total. The minimum absolute atomic E-state index is 0.168. The summed E-state index contributed by atoms with van der Waals surface area (Å²) in [4.78, 5) is 12.8. The SMILES string of the molecule is Cc1ccc(C)c(-n2nc(-c3ccco3)cc2C(=O)NC(C)(C)C)c1. The number of aryl methyl sites for hydroxylation is 2. The van der Waals surface area contributed by atoms with E-state index in [9.17, 15) is 4.79 Å². The maximum Gasteiger partial charge on any atom is 0.270 e. The summed E-state index contributed by atoms with van der Waals surface area (Å²) in [5, 5.41) is 7.65. The van der Waals surface area contributed by atoms with Crippen molar-refractivity contribution in [1.82, 2.24) is 15.1 Å². The van der Waals surface area contributed by atoms with Crippen LogP contribution in [0.5, 0.6) is 0 Å². The van der Waals surface area contributed by atoms with Crippen LogP contribution in [0.4, 0.5) is 0 Å². The summed E-state index contributed by atoms with van der Waals surface area (Å²) in [7, 11) is 0. The molecule has 0 aliphatic heterocycles. The van der Waals surface area contributed by atoms with Gasteiger partial charge in [0.1, 0.15) is 11.4 Å². The Hall–Kier alpha value is -2.82. The van der Waals surface area contributed by atoms with Crippen molar-refractivity contribution < 1.29 is 9.21 Å². The zero-order valence-electron chi connectivity index (χ0n) is 15.3. The minimum Gasteiger partial charge on any atom is -0.463 e. The molecule has 0 fully saturated rings. The van der Waals surface area contributed by atoms with E-state index in [-0.39, 0.29) is 11.4 Å². The van der Waals surface area contributed by atoms with Crippen molar-refractivity contribution in [3.8, 4) is 17.1 Å². The van der Waals surface area contributed by atoms with Crippen LogP contribution in [0.25, 0.3) is 17.1 Å². The highest BCUT2D eigenvalue weighted by Crippen LogP contribution is 2.24. The van der Waals surface area contributed by atoms with Gasteiger partial charge in [-0.2, -0.15) is 5.10 Å². The second-order valence-corrected chi connectivity index (χ2v) is 7.30. The van der Waals surface area contributed by atoms with E-state index in [1.165, 1.54) is 0 Å². The number of carbonyl (C=O) groups is 1. The molecule has 0 radical (unpaired) electrons. The van der Waals surface area contributed by atoms with E-state index in [2.05, 4.69) is 10.4 Å². The van der Waals surface area contributed by atoms with Gasteiger partial charge in [-0.15, -0.1) is 0 Å². The lowest BCUT2D eigenvalue weighted by Gasteiger charge is -2.21. The van der Waals surface area contributed by atoms with Crippen LogP contribution in [-0.2, 0) is 0 Å². The third kappa shape index (κ3) is 3.65. The first-order valence-corrected chi connectivity index (χ1v) is 8.29. The Kier molecular flexibility index (Phi) is 4.25. The molecule has 1 amide bonds.